The molecule has 19 heavy (non-hydrogen) atoms. The molecule has 0 unspecified atom stereocenters. The first-order valence-electron chi connectivity index (χ1n) is 6.61. The summed E-state index contributed by atoms with van der Waals surface area (Å²) < 4.78 is 28.5. The van der Waals surface area contributed by atoms with Gasteiger partial charge in [0.05, 0.1) is 5.02 Å². The molecule has 1 aromatic carbocycles. The van der Waals surface area contributed by atoms with Crippen molar-refractivity contribution in [3.05, 3.63) is 28.8 Å². The smallest absolute Gasteiger partial charge is 0.387 e. The van der Waals surface area contributed by atoms with Crippen LogP contribution in [-0.2, 0) is 6.42 Å². The van der Waals surface area contributed by atoms with Crippen molar-refractivity contribution in [2.75, 3.05) is 19.6 Å². The molecule has 106 valence electrons. The zero-order valence-electron chi connectivity index (χ0n) is 10.7. The summed E-state index contributed by atoms with van der Waals surface area (Å²) in [4.78, 5) is 2.45. The van der Waals surface area contributed by atoms with E-state index in [1.807, 2.05) is 0 Å². The van der Waals surface area contributed by atoms with Crippen molar-refractivity contribution in [2.24, 2.45) is 0 Å². The largest absolute Gasteiger partial charge is 0.433 e. The number of benzene rings is 1. The molecule has 1 saturated heterocycles. The highest BCUT2D eigenvalue weighted by atomic mass is 35.5. The average molecular weight is 290 g/mol. The predicted octanol–water partition coefficient (Wildman–Crippen LogP) is 3.97. The van der Waals surface area contributed by atoms with Gasteiger partial charge in [0, 0.05) is 0 Å². The molecule has 0 aliphatic carbocycles. The van der Waals surface area contributed by atoms with Gasteiger partial charge in [0.2, 0.25) is 0 Å². The highest BCUT2D eigenvalue weighted by Gasteiger charge is 2.11. The number of alkyl halides is 2. The maximum absolute atomic E-state index is 12.1. The van der Waals surface area contributed by atoms with Gasteiger partial charge in [-0.15, -0.1) is 0 Å². The first-order valence-corrected chi connectivity index (χ1v) is 6.98. The maximum atomic E-state index is 12.1. The summed E-state index contributed by atoms with van der Waals surface area (Å²) in [6.45, 7) is 0.648. The summed E-state index contributed by atoms with van der Waals surface area (Å²) in [5.41, 5.74) is 1.06. The first kappa shape index (κ1) is 14.5. The van der Waals surface area contributed by atoms with E-state index in [1.54, 1.807) is 12.1 Å². The Morgan fingerprint density at radius 2 is 2.00 bits per heavy atom. The Hall–Kier alpha value is -0.870. The Morgan fingerprint density at radius 3 is 2.63 bits per heavy atom. The summed E-state index contributed by atoms with van der Waals surface area (Å²) >= 11 is 5.91. The minimum absolute atomic E-state index is 0.0416. The molecule has 0 spiro atoms. The molecule has 1 aliphatic heterocycles. The highest BCUT2D eigenvalue weighted by Crippen LogP contribution is 2.27. The van der Waals surface area contributed by atoms with E-state index in [4.69, 9.17) is 11.6 Å². The SMILES string of the molecule is FC(F)Oc1ccc(CCCN2CCCC2)cc1Cl. The van der Waals surface area contributed by atoms with E-state index >= 15 is 0 Å². The fourth-order valence-electron chi connectivity index (χ4n) is 2.40. The Balaban J connectivity index is 1.81. The van der Waals surface area contributed by atoms with Gasteiger partial charge in [0.1, 0.15) is 5.75 Å². The van der Waals surface area contributed by atoms with Crippen molar-refractivity contribution >= 4 is 11.6 Å². The van der Waals surface area contributed by atoms with Gasteiger partial charge >= 0.3 is 6.61 Å². The molecule has 0 saturated carbocycles. The normalized spacial score (nSPS) is 16.2. The second-order valence-electron chi connectivity index (χ2n) is 4.80. The predicted molar refractivity (Wildman–Crippen MR) is 72.1 cm³/mol. The molecular formula is C14H18ClF2NO. The lowest BCUT2D eigenvalue weighted by Crippen LogP contribution is -2.20. The number of likely N-dealkylation sites (tertiary alicyclic amines) is 1. The summed E-state index contributed by atoms with van der Waals surface area (Å²) in [7, 11) is 0. The second kappa shape index (κ2) is 7.06. The van der Waals surface area contributed by atoms with E-state index in [9.17, 15) is 8.78 Å². The number of ether oxygens (including phenoxy) is 1. The number of hydrogen-bond acceptors (Lipinski definition) is 2. The third kappa shape index (κ3) is 4.62. The number of hydrogen-bond donors (Lipinski definition) is 0. The van der Waals surface area contributed by atoms with Crippen molar-refractivity contribution in [3.8, 4) is 5.75 Å². The van der Waals surface area contributed by atoms with Crippen LogP contribution in [0.3, 0.4) is 0 Å². The second-order valence-corrected chi connectivity index (χ2v) is 5.20. The fourth-order valence-corrected chi connectivity index (χ4v) is 2.65. The molecule has 2 rings (SSSR count). The molecule has 1 aromatic rings. The summed E-state index contributed by atoms with van der Waals surface area (Å²) in [6, 6.07) is 5.02. The van der Waals surface area contributed by atoms with Crippen molar-refractivity contribution in [2.45, 2.75) is 32.3 Å². The Kier molecular flexibility index (Phi) is 5.40. The van der Waals surface area contributed by atoms with E-state index in [1.165, 1.54) is 32.0 Å². The molecule has 0 bridgehead atoms. The summed E-state index contributed by atoms with van der Waals surface area (Å²) in [5, 5.41) is 0.249. The van der Waals surface area contributed by atoms with Crippen LogP contribution >= 0.6 is 11.6 Å². The van der Waals surface area contributed by atoms with Crippen LogP contribution in [-0.4, -0.2) is 31.1 Å². The number of halogens is 3. The molecule has 0 radical (unpaired) electrons. The number of aryl methyl sites for hydroxylation is 1. The van der Waals surface area contributed by atoms with Gasteiger partial charge in [-0.3, -0.25) is 0 Å². The lowest BCUT2D eigenvalue weighted by Gasteiger charge is -2.14. The quantitative estimate of drug-likeness (QED) is 0.786. The van der Waals surface area contributed by atoms with E-state index in [0.29, 0.717) is 0 Å². The van der Waals surface area contributed by atoms with Crippen molar-refractivity contribution in [1.29, 1.82) is 0 Å². The van der Waals surface area contributed by atoms with Crippen LogP contribution in [0.4, 0.5) is 8.78 Å². The van der Waals surface area contributed by atoms with Crippen molar-refractivity contribution < 1.29 is 13.5 Å². The summed E-state index contributed by atoms with van der Waals surface area (Å²) in [6.07, 6.45) is 4.56. The molecule has 1 heterocycles. The van der Waals surface area contributed by atoms with Gasteiger partial charge in [-0.05, 0) is 63.0 Å². The topological polar surface area (TPSA) is 12.5 Å². The summed E-state index contributed by atoms with van der Waals surface area (Å²) in [5.74, 6) is 0.0416. The van der Waals surface area contributed by atoms with Gasteiger partial charge in [-0.1, -0.05) is 17.7 Å². The zero-order valence-corrected chi connectivity index (χ0v) is 11.5. The van der Waals surface area contributed by atoms with Gasteiger partial charge < -0.3 is 9.64 Å². The molecule has 5 heteroatoms. The maximum Gasteiger partial charge on any atom is 0.387 e. The third-order valence-electron chi connectivity index (χ3n) is 3.35. The van der Waals surface area contributed by atoms with Gasteiger partial charge in [-0.25, -0.2) is 0 Å². The van der Waals surface area contributed by atoms with Crippen molar-refractivity contribution in [3.63, 3.8) is 0 Å². The van der Waals surface area contributed by atoms with Crippen LogP contribution in [0.1, 0.15) is 24.8 Å². The average Bonchev–Trinajstić information content (AvgIpc) is 2.85. The van der Waals surface area contributed by atoms with Crippen LogP contribution < -0.4 is 4.74 Å². The van der Waals surface area contributed by atoms with Gasteiger partial charge in [-0.2, -0.15) is 8.78 Å². The molecule has 0 aromatic heterocycles. The van der Waals surface area contributed by atoms with Gasteiger partial charge in [0.25, 0.3) is 0 Å². The molecule has 0 N–H and O–H groups in total. The van der Waals surface area contributed by atoms with E-state index < -0.39 is 6.61 Å². The Morgan fingerprint density at radius 1 is 1.26 bits per heavy atom. The molecule has 1 fully saturated rings. The molecule has 0 atom stereocenters. The molecular weight excluding hydrogens is 272 g/mol. The van der Waals surface area contributed by atoms with E-state index in [0.717, 1.165) is 24.9 Å². The third-order valence-corrected chi connectivity index (χ3v) is 3.65. The van der Waals surface area contributed by atoms with Gasteiger partial charge in [0.15, 0.2) is 0 Å². The van der Waals surface area contributed by atoms with Crippen LogP contribution in [0.25, 0.3) is 0 Å². The standard InChI is InChI=1S/C14H18ClF2NO/c15-12-10-11(5-6-13(12)19-14(16)17)4-3-9-18-7-1-2-8-18/h5-6,10,14H,1-4,7-9H2. The van der Waals surface area contributed by atoms with Crippen LogP contribution in [0, 0.1) is 0 Å². The van der Waals surface area contributed by atoms with Crippen LogP contribution in [0.5, 0.6) is 5.75 Å². The van der Waals surface area contributed by atoms with E-state index in [2.05, 4.69) is 9.64 Å². The Bertz CT molecular complexity index is 408. The Labute approximate surface area is 117 Å². The van der Waals surface area contributed by atoms with Crippen LogP contribution in [0.2, 0.25) is 5.02 Å². The minimum Gasteiger partial charge on any atom is -0.433 e. The zero-order chi connectivity index (χ0) is 13.7. The number of nitrogens with zero attached hydrogens (tertiary/aromatic N) is 1. The number of rotatable bonds is 6. The minimum atomic E-state index is -2.83. The fraction of sp³-hybridized carbons (Fsp3) is 0.571. The lowest BCUT2D eigenvalue weighted by molar-refractivity contribution is -0.0497. The van der Waals surface area contributed by atoms with Crippen LogP contribution in [0.15, 0.2) is 18.2 Å². The first-order chi connectivity index (χ1) is 9.15. The monoisotopic (exact) mass is 289 g/mol. The molecule has 1 aliphatic rings. The van der Waals surface area contributed by atoms with E-state index in [-0.39, 0.29) is 10.8 Å². The van der Waals surface area contributed by atoms with Crippen molar-refractivity contribution in [1.82, 2.24) is 4.90 Å². The lowest BCUT2D eigenvalue weighted by atomic mass is 10.1. The highest BCUT2D eigenvalue weighted by molar-refractivity contribution is 6.32. The molecule has 2 nitrogen and oxygen atoms in total. The molecule has 0 amide bonds.